The number of nitrogens with one attached hydrogen (secondary N) is 1. The summed E-state index contributed by atoms with van der Waals surface area (Å²) >= 11 is 0. The van der Waals surface area contributed by atoms with Gasteiger partial charge in [-0.15, -0.1) is 24.0 Å². The molecule has 1 fully saturated rings. The maximum Gasteiger partial charge on any atom is 0.193 e. The standard InChI is InChI=1S/C20H28FN3O2.HI/c1-15-13-24(14-19(26-15)17-3-5-18(21)6-4-17)20(22-2)23-10-7-16-8-11-25-12-9-16;/h3-6,8,15,19H,7,9-14H2,1-2H3,(H,22,23);1H. The molecule has 7 heteroatoms. The molecule has 0 radical (unpaired) electrons. The van der Waals surface area contributed by atoms with Crippen molar-refractivity contribution in [1.29, 1.82) is 0 Å². The van der Waals surface area contributed by atoms with Crippen LogP contribution in [0.4, 0.5) is 4.39 Å². The van der Waals surface area contributed by atoms with E-state index in [1.165, 1.54) is 17.7 Å². The molecule has 2 unspecified atom stereocenters. The molecule has 2 aliphatic heterocycles. The molecule has 0 aliphatic carbocycles. The number of hydrogen-bond donors (Lipinski definition) is 1. The van der Waals surface area contributed by atoms with Gasteiger partial charge in [-0.1, -0.05) is 23.8 Å². The summed E-state index contributed by atoms with van der Waals surface area (Å²) in [6, 6.07) is 6.56. The number of guanidine groups is 1. The molecule has 5 nitrogen and oxygen atoms in total. The lowest BCUT2D eigenvalue weighted by Crippen LogP contribution is -2.50. The molecular weight excluding hydrogens is 460 g/mol. The van der Waals surface area contributed by atoms with E-state index in [4.69, 9.17) is 9.47 Å². The minimum atomic E-state index is -0.227. The smallest absolute Gasteiger partial charge is 0.193 e. The molecule has 0 spiro atoms. The first kappa shape index (κ1) is 22.1. The van der Waals surface area contributed by atoms with Crippen molar-refractivity contribution in [3.63, 3.8) is 0 Å². The Morgan fingerprint density at radius 3 is 2.74 bits per heavy atom. The predicted molar refractivity (Wildman–Crippen MR) is 116 cm³/mol. The molecule has 0 bridgehead atoms. The van der Waals surface area contributed by atoms with E-state index < -0.39 is 0 Å². The van der Waals surface area contributed by atoms with Gasteiger partial charge in [-0.25, -0.2) is 4.39 Å². The Hall–Kier alpha value is -1.19. The van der Waals surface area contributed by atoms with Crippen LogP contribution in [0.1, 0.15) is 31.4 Å². The van der Waals surface area contributed by atoms with Gasteiger partial charge in [0.15, 0.2) is 5.96 Å². The maximum atomic E-state index is 13.2. The van der Waals surface area contributed by atoms with Crippen molar-refractivity contribution < 1.29 is 13.9 Å². The van der Waals surface area contributed by atoms with Gasteiger partial charge in [-0.2, -0.15) is 0 Å². The van der Waals surface area contributed by atoms with Crippen LogP contribution in [0.5, 0.6) is 0 Å². The fraction of sp³-hybridized carbons (Fsp3) is 0.550. The zero-order chi connectivity index (χ0) is 18.4. The Morgan fingerprint density at radius 2 is 2.07 bits per heavy atom. The van der Waals surface area contributed by atoms with Crippen LogP contribution in [0.25, 0.3) is 0 Å². The molecule has 2 atom stereocenters. The van der Waals surface area contributed by atoms with Crippen LogP contribution < -0.4 is 5.32 Å². The molecule has 27 heavy (non-hydrogen) atoms. The highest BCUT2D eigenvalue weighted by Crippen LogP contribution is 2.25. The van der Waals surface area contributed by atoms with E-state index in [1.54, 1.807) is 12.1 Å². The average molecular weight is 489 g/mol. The SMILES string of the molecule is CN=C(NCCC1=CCOCC1)N1CC(C)OC(c2ccc(F)cc2)C1.I. The fourth-order valence-electron chi connectivity index (χ4n) is 3.45. The van der Waals surface area contributed by atoms with Gasteiger partial charge in [0.2, 0.25) is 0 Å². The molecule has 150 valence electrons. The number of ether oxygens (including phenoxy) is 2. The Bertz CT molecular complexity index is 651. The van der Waals surface area contributed by atoms with Gasteiger partial charge in [0.25, 0.3) is 0 Å². The van der Waals surface area contributed by atoms with E-state index in [0.717, 1.165) is 50.7 Å². The summed E-state index contributed by atoms with van der Waals surface area (Å²) in [7, 11) is 1.81. The van der Waals surface area contributed by atoms with E-state index in [2.05, 4.69) is 28.2 Å². The zero-order valence-corrected chi connectivity index (χ0v) is 18.3. The van der Waals surface area contributed by atoms with Crippen molar-refractivity contribution in [2.45, 2.75) is 32.0 Å². The number of benzene rings is 1. The number of halogens is 2. The van der Waals surface area contributed by atoms with Crippen LogP contribution in [0, 0.1) is 5.82 Å². The van der Waals surface area contributed by atoms with E-state index in [9.17, 15) is 4.39 Å². The highest BCUT2D eigenvalue weighted by atomic mass is 127. The minimum Gasteiger partial charge on any atom is -0.377 e. The highest BCUT2D eigenvalue weighted by molar-refractivity contribution is 14.0. The largest absolute Gasteiger partial charge is 0.377 e. The third kappa shape index (κ3) is 6.43. The van der Waals surface area contributed by atoms with Gasteiger partial charge in [-0.3, -0.25) is 4.99 Å². The number of rotatable bonds is 4. The predicted octanol–water partition coefficient (Wildman–Crippen LogP) is 3.52. The van der Waals surface area contributed by atoms with E-state index in [-0.39, 0.29) is 42.0 Å². The van der Waals surface area contributed by atoms with E-state index >= 15 is 0 Å². The van der Waals surface area contributed by atoms with Crippen LogP contribution >= 0.6 is 24.0 Å². The molecule has 3 rings (SSSR count). The van der Waals surface area contributed by atoms with Gasteiger partial charge in [0.1, 0.15) is 11.9 Å². The quantitative estimate of drug-likeness (QED) is 0.305. The molecule has 1 saturated heterocycles. The average Bonchev–Trinajstić information content (AvgIpc) is 2.66. The first-order valence-electron chi connectivity index (χ1n) is 9.28. The maximum absolute atomic E-state index is 13.2. The Kier molecular flexibility index (Phi) is 8.98. The van der Waals surface area contributed by atoms with Crippen molar-refractivity contribution in [3.05, 3.63) is 47.3 Å². The van der Waals surface area contributed by atoms with Crippen LogP contribution in [0.2, 0.25) is 0 Å². The molecule has 0 saturated carbocycles. The third-order valence-corrected chi connectivity index (χ3v) is 4.80. The molecular formula is C20H29FIN3O2. The molecule has 1 aromatic carbocycles. The van der Waals surface area contributed by atoms with Gasteiger partial charge in [0.05, 0.1) is 25.9 Å². The molecule has 2 aliphatic rings. The second-order valence-electron chi connectivity index (χ2n) is 6.80. The normalized spacial score (nSPS) is 23.4. The minimum absolute atomic E-state index is 0. The number of aliphatic imine (C=N–C) groups is 1. The molecule has 1 aromatic rings. The lowest BCUT2D eigenvalue weighted by molar-refractivity contribution is -0.0604. The molecule has 2 heterocycles. The summed E-state index contributed by atoms with van der Waals surface area (Å²) in [6.07, 6.45) is 4.19. The first-order valence-corrected chi connectivity index (χ1v) is 9.28. The van der Waals surface area contributed by atoms with E-state index in [1.807, 2.05) is 7.05 Å². The van der Waals surface area contributed by atoms with Gasteiger partial charge < -0.3 is 19.7 Å². The van der Waals surface area contributed by atoms with Crippen LogP contribution in [-0.4, -0.2) is 56.9 Å². The van der Waals surface area contributed by atoms with Crippen LogP contribution in [0.15, 0.2) is 40.9 Å². The van der Waals surface area contributed by atoms with Crippen molar-refractivity contribution in [1.82, 2.24) is 10.2 Å². The van der Waals surface area contributed by atoms with Crippen molar-refractivity contribution in [2.75, 3.05) is 39.9 Å². The third-order valence-electron chi connectivity index (χ3n) is 4.80. The summed E-state index contributed by atoms with van der Waals surface area (Å²) in [6.45, 7) is 5.94. The number of nitrogens with zero attached hydrogens (tertiary/aromatic N) is 2. The molecule has 1 N–H and O–H groups in total. The summed E-state index contributed by atoms with van der Waals surface area (Å²) in [5, 5.41) is 3.47. The Balaban J connectivity index is 0.00000261. The van der Waals surface area contributed by atoms with Gasteiger partial charge >= 0.3 is 0 Å². The summed E-state index contributed by atoms with van der Waals surface area (Å²) < 4.78 is 24.6. The Labute approximate surface area is 178 Å². The summed E-state index contributed by atoms with van der Waals surface area (Å²) in [5.74, 6) is 0.661. The monoisotopic (exact) mass is 489 g/mol. The van der Waals surface area contributed by atoms with Crippen molar-refractivity contribution in [2.24, 2.45) is 4.99 Å². The highest BCUT2D eigenvalue weighted by Gasteiger charge is 2.28. The summed E-state index contributed by atoms with van der Waals surface area (Å²) in [5.41, 5.74) is 2.43. The molecule has 0 amide bonds. The first-order chi connectivity index (χ1) is 12.7. The molecule has 0 aromatic heterocycles. The van der Waals surface area contributed by atoms with E-state index in [0.29, 0.717) is 6.54 Å². The lowest BCUT2D eigenvalue weighted by atomic mass is 10.1. The van der Waals surface area contributed by atoms with Crippen LogP contribution in [-0.2, 0) is 9.47 Å². The fourth-order valence-corrected chi connectivity index (χ4v) is 3.45. The Morgan fingerprint density at radius 1 is 1.30 bits per heavy atom. The topological polar surface area (TPSA) is 46.1 Å². The van der Waals surface area contributed by atoms with Crippen molar-refractivity contribution in [3.8, 4) is 0 Å². The number of morpholine rings is 1. The second-order valence-corrected chi connectivity index (χ2v) is 6.80. The van der Waals surface area contributed by atoms with Crippen molar-refractivity contribution >= 4 is 29.9 Å². The number of hydrogen-bond acceptors (Lipinski definition) is 3. The van der Waals surface area contributed by atoms with Crippen LogP contribution in [0.3, 0.4) is 0 Å². The lowest BCUT2D eigenvalue weighted by Gasteiger charge is -2.38. The van der Waals surface area contributed by atoms with Gasteiger partial charge in [-0.05, 0) is 37.5 Å². The second kappa shape index (κ2) is 11.0. The van der Waals surface area contributed by atoms with Gasteiger partial charge in [0, 0.05) is 20.1 Å². The summed E-state index contributed by atoms with van der Waals surface area (Å²) in [4.78, 5) is 6.67. The zero-order valence-electron chi connectivity index (χ0n) is 16.0.